The van der Waals surface area contributed by atoms with Crippen LogP contribution in [0.15, 0.2) is 0 Å². The number of amides is 2. The topological polar surface area (TPSA) is 78.4 Å². The van der Waals surface area contributed by atoms with E-state index >= 15 is 0 Å². The van der Waals surface area contributed by atoms with Gasteiger partial charge in [-0.25, -0.2) is 9.59 Å². The molecule has 0 aromatic carbocycles. The lowest BCUT2D eigenvalue weighted by Crippen LogP contribution is -2.52. The SMILES string of the molecule is CC1CCCC(NC(=O)NC(C(=O)O)C2CCCCC2)C1. The molecule has 120 valence electrons. The molecule has 0 aliphatic heterocycles. The third-order valence-corrected chi connectivity index (χ3v) is 4.95. The molecule has 2 rings (SSSR count). The fraction of sp³-hybridized carbons (Fsp3) is 0.875. The molecule has 2 amide bonds. The van der Waals surface area contributed by atoms with E-state index < -0.39 is 12.0 Å². The van der Waals surface area contributed by atoms with E-state index in [1.165, 1.54) is 12.8 Å². The van der Waals surface area contributed by atoms with Crippen molar-refractivity contribution in [3.05, 3.63) is 0 Å². The molecule has 0 saturated heterocycles. The monoisotopic (exact) mass is 296 g/mol. The van der Waals surface area contributed by atoms with Gasteiger partial charge in [-0.3, -0.25) is 0 Å². The van der Waals surface area contributed by atoms with Crippen LogP contribution in [0, 0.1) is 11.8 Å². The minimum Gasteiger partial charge on any atom is -0.480 e. The largest absolute Gasteiger partial charge is 0.480 e. The fourth-order valence-corrected chi connectivity index (χ4v) is 3.78. The molecule has 21 heavy (non-hydrogen) atoms. The second kappa shape index (κ2) is 7.66. The Labute approximate surface area is 126 Å². The molecule has 5 nitrogen and oxygen atoms in total. The number of carboxylic acid groups (broad SMARTS) is 1. The second-order valence-corrected chi connectivity index (χ2v) is 6.80. The molecule has 0 radical (unpaired) electrons. The van der Waals surface area contributed by atoms with E-state index in [-0.39, 0.29) is 18.0 Å². The summed E-state index contributed by atoms with van der Waals surface area (Å²) in [5, 5.41) is 15.0. The molecule has 2 aliphatic carbocycles. The van der Waals surface area contributed by atoms with E-state index in [1.54, 1.807) is 0 Å². The maximum atomic E-state index is 12.1. The van der Waals surface area contributed by atoms with Gasteiger partial charge in [-0.2, -0.15) is 0 Å². The van der Waals surface area contributed by atoms with Crippen LogP contribution in [0.2, 0.25) is 0 Å². The first-order chi connectivity index (χ1) is 10.1. The molecular weight excluding hydrogens is 268 g/mol. The average molecular weight is 296 g/mol. The van der Waals surface area contributed by atoms with Crippen molar-refractivity contribution in [1.29, 1.82) is 0 Å². The highest BCUT2D eigenvalue weighted by molar-refractivity contribution is 5.82. The lowest BCUT2D eigenvalue weighted by molar-refractivity contribution is -0.141. The number of rotatable bonds is 4. The molecule has 3 unspecified atom stereocenters. The summed E-state index contributed by atoms with van der Waals surface area (Å²) in [7, 11) is 0. The Balaban J connectivity index is 1.84. The highest BCUT2D eigenvalue weighted by atomic mass is 16.4. The van der Waals surface area contributed by atoms with Crippen LogP contribution in [0.5, 0.6) is 0 Å². The predicted molar refractivity (Wildman–Crippen MR) is 81.1 cm³/mol. The van der Waals surface area contributed by atoms with Gasteiger partial charge in [0, 0.05) is 6.04 Å². The third kappa shape index (κ3) is 4.90. The molecule has 0 bridgehead atoms. The minimum absolute atomic E-state index is 0.0762. The van der Waals surface area contributed by atoms with E-state index in [0.717, 1.165) is 44.9 Å². The zero-order chi connectivity index (χ0) is 15.2. The second-order valence-electron chi connectivity index (χ2n) is 6.80. The first kappa shape index (κ1) is 16.1. The van der Waals surface area contributed by atoms with Crippen LogP contribution in [-0.4, -0.2) is 29.2 Å². The van der Waals surface area contributed by atoms with E-state index in [1.807, 2.05) is 0 Å². The molecule has 0 aromatic heterocycles. The summed E-state index contributed by atoms with van der Waals surface area (Å²) in [6.45, 7) is 2.20. The van der Waals surface area contributed by atoms with Gasteiger partial charge in [0.2, 0.25) is 0 Å². The van der Waals surface area contributed by atoms with Gasteiger partial charge in [-0.15, -0.1) is 0 Å². The lowest BCUT2D eigenvalue weighted by atomic mass is 9.84. The first-order valence-electron chi connectivity index (χ1n) is 8.36. The molecule has 2 fully saturated rings. The summed E-state index contributed by atoms with van der Waals surface area (Å²) in [6.07, 6.45) is 9.46. The number of carbonyl (C=O) groups is 2. The Morgan fingerprint density at radius 2 is 1.76 bits per heavy atom. The van der Waals surface area contributed by atoms with Gasteiger partial charge < -0.3 is 15.7 Å². The van der Waals surface area contributed by atoms with Crippen molar-refractivity contribution in [2.24, 2.45) is 11.8 Å². The zero-order valence-electron chi connectivity index (χ0n) is 12.9. The molecule has 2 aliphatic rings. The maximum Gasteiger partial charge on any atom is 0.326 e. The van der Waals surface area contributed by atoms with Crippen LogP contribution >= 0.6 is 0 Å². The van der Waals surface area contributed by atoms with Crippen LogP contribution in [0.3, 0.4) is 0 Å². The standard InChI is InChI=1S/C16H28N2O3/c1-11-6-5-9-13(10-11)17-16(21)18-14(15(19)20)12-7-3-2-4-8-12/h11-14H,2-10H2,1H3,(H,19,20)(H2,17,18,21). The maximum absolute atomic E-state index is 12.1. The fourth-order valence-electron chi connectivity index (χ4n) is 3.78. The number of carbonyl (C=O) groups excluding carboxylic acids is 1. The van der Waals surface area contributed by atoms with Crippen LogP contribution < -0.4 is 10.6 Å². The molecule has 3 atom stereocenters. The van der Waals surface area contributed by atoms with Crippen molar-refractivity contribution in [1.82, 2.24) is 10.6 Å². The Bertz CT molecular complexity index is 367. The van der Waals surface area contributed by atoms with Crippen molar-refractivity contribution < 1.29 is 14.7 Å². The van der Waals surface area contributed by atoms with Gasteiger partial charge >= 0.3 is 12.0 Å². The number of hydrogen-bond donors (Lipinski definition) is 3. The predicted octanol–water partition coefficient (Wildman–Crippen LogP) is 2.90. The molecule has 0 heterocycles. The Hall–Kier alpha value is -1.26. The number of carboxylic acids is 1. The van der Waals surface area contributed by atoms with Gasteiger partial charge in [0.05, 0.1) is 0 Å². The van der Waals surface area contributed by atoms with Crippen LogP contribution in [0.25, 0.3) is 0 Å². The average Bonchev–Trinajstić information content (AvgIpc) is 2.45. The van der Waals surface area contributed by atoms with E-state index in [2.05, 4.69) is 17.6 Å². The third-order valence-electron chi connectivity index (χ3n) is 4.95. The van der Waals surface area contributed by atoms with Crippen molar-refractivity contribution in [2.45, 2.75) is 76.8 Å². The highest BCUT2D eigenvalue weighted by Crippen LogP contribution is 2.27. The van der Waals surface area contributed by atoms with Gasteiger partial charge in [0.15, 0.2) is 0 Å². The Morgan fingerprint density at radius 3 is 2.38 bits per heavy atom. The summed E-state index contributed by atoms with van der Waals surface area (Å²) in [4.78, 5) is 23.5. The summed E-state index contributed by atoms with van der Waals surface area (Å²) < 4.78 is 0. The summed E-state index contributed by atoms with van der Waals surface area (Å²) in [6, 6.07) is -0.868. The summed E-state index contributed by atoms with van der Waals surface area (Å²) in [5.41, 5.74) is 0. The zero-order valence-corrected chi connectivity index (χ0v) is 12.9. The van der Waals surface area contributed by atoms with Crippen molar-refractivity contribution >= 4 is 12.0 Å². The Kier molecular flexibility index (Phi) is 5.88. The quantitative estimate of drug-likeness (QED) is 0.746. The normalized spacial score (nSPS) is 28.6. The molecule has 0 aromatic rings. The molecule has 0 spiro atoms. The van der Waals surface area contributed by atoms with Gasteiger partial charge in [0.25, 0.3) is 0 Å². The molecule has 3 N–H and O–H groups in total. The smallest absolute Gasteiger partial charge is 0.326 e. The number of nitrogens with one attached hydrogen (secondary N) is 2. The van der Waals surface area contributed by atoms with Gasteiger partial charge in [-0.1, -0.05) is 39.0 Å². The van der Waals surface area contributed by atoms with E-state index in [0.29, 0.717) is 5.92 Å². The molecule has 5 heteroatoms. The van der Waals surface area contributed by atoms with Crippen molar-refractivity contribution in [3.8, 4) is 0 Å². The van der Waals surface area contributed by atoms with Crippen LogP contribution in [-0.2, 0) is 4.79 Å². The molecule has 2 saturated carbocycles. The van der Waals surface area contributed by atoms with Crippen molar-refractivity contribution in [2.75, 3.05) is 0 Å². The van der Waals surface area contributed by atoms with Crippen LogP contribution in [0.1, 0.15) is 64.7 Å². The lowest BCUT2D eigenvalue weighted by Gasteiger charge is -2.30. The van der Waals surface area contributed by atoms with E-state index in [4.69, 9.17) is 0 Å². The Morgan fingerprint density at radius 1 is 1.05 bits per heavy atom. The number of hydrogen-bond acceptors (Lipinski definition) is 2. The first-order valence-corrected chi connectivity index (χ1v) is 8.36. The summed E-state index contributed by atoms with van der Waals surface area (Å²) >= 11 is 0. The van der Waals surface area contributed by atoms with E-state index in [9.17, 15) is 14.7 Å². The molecular formula is C16H28N2O3. The van der Waals surface area contributed by atoms with Gasteiger partial charge in [-0.05, 0) is 37.5 Å². The summed E-state index contributed by atoms with van der Waals surface area (Å²) in [5.74, 6) is -0.195. The van der Waals surface area contributed by atoms with Crippen LogP contribution in [0.4, 0.5) is 4.79 Å². The highest BCUT2D eigenvalue weighted by Gasteiger charge is 2.31. The number of aliphatic carboxylic acids is 1. The number of urea groups is 1. The van der Waals surface area contributed by atoms with Gasteiger partial charge in [0.1, 0.15) is 6.04 Å². The minimum atomic E-state index is -0.908. The van der Waals surface area contributed by atoms with Crippen molar-refractivity contribution in [3.63, 3.8) is 0 Å².